The van der Waals surface area contributed by atoms with Gasteiger partial charge in [0, 0.05) is 47.4 Å². The van der Waals surface area contributed by atoms with Crippen LogP contribution in [0.15, 0.2) is 45.5 Å². The third-order valence-corrected chi connectivity index (χ3v) is 4.75. The Balaban J connectivity index is 1.74. The van der Waals surface area contributed by atoms with Crippen molar-refractivity contribution in [1.29, 1.82) is 0 Å². The highest BCUT2D eigenvalue weighted by molar-refractivity contribution is 9.10. The summed E-state index contributed by atoms with van der Waals surface area (Å²) < 4.78 is 1.66. The largest absolute Gasteiger partial charge is 0.362 e. The van der Waals surface area contributed by atoms with E-state index in [-0.39, 0.29) is 10.6 Å². The van der Waals surface area contributed by atoms with E-state index in [0.717, 1.165) is 36.5 Å². The van der Waals surface area contributed by atoms with Gasteiger partial charge in [-0.1, -0.05) is 15.9 Å². The maximum atomic E-state index is 11.3. The minimum Gasteiger partial charge on any atom is -0.362 e. The zero-order chi connectivity index (χ0) is 16.4. The molecule has 0 bridgehead atoms. The summed E-state index contributed by atoms with van der Waals surface area (Å²) in [5, 5.41) is 11.3. The zero-order valence-electron chi connectivity index (χ0n) is 12.2. The van der Waals surface area contributed by atoms with Gasteiger partial charge in [-0.2, -0.15) is 0 Å². The van der Waals surface area contributed by atoms with Gasteiger partial charge in [-0.25, -0.2) is 4.98 Å². The van der Waals surface area contributed by atoms with Crippen LogP contribution < -0.4 is 9.80 Å². The summed E-state index contributed by atoms with van der Waals surface area (Å²) in [6.45, 7) is 3.00. The van der Waals surface area contributed by atoms with Gasteiger partial charge in [0.25, 0.3) is 5.69 Å². The van der Waals surface area contributed by atoms with Crippen molar-refractivity contribution >= 4 is 49.1 Å². The Morgan fingerprint density at radius 3 is 2.26 bits per heavy atom. The first-order valence-electron chi connectivity index (χ1n) is 7.10. The highest BCUT2D eigenvalue weighted by Crippen LogP contribution is 2.32. The molecule has 0 radical (unpaired) electrons. The van der Waals surface area contributed by atoms with Crippen LogP contribution >= 0.6 is 31.9 Å². The normalized spacial score (nSPS) is 14.9. The molecule has 1 fully saturated rings. The molecule has 1 aromatic carbocycles. The molecule has 2 aromatic rings. The molecule has 0 saturated carbocycles. The number of aromatic nitrogens is 1. The Hall–Kier alpha value is -1.67. The van der Waals surface area contributed by atoms with Crippen molar-refractivity contribution in [2.24, 2.45) is 0 Å². The molecule has 2 heterocycles. The summed E-state index contributed by atoms with van der Waals surface area (Å²) in [6, 6.07) is 9.13. The average Bonchev–Trinajstić information content (AvgIpc) is 2.56. The quantitative estimate of drug-likeness (QED) is 0.534. The number of rotatable bonds is 3. The molecule has 120 valence electrons. The van der Waals surface area contributed by atoms with Gasteiger partial charge in [-0.05, 0) is 40.2 Å². The van der Waals surface area contributed by atoms with Crippen molar-refractivity contribution in [1.82, 2.24) is 4.98 Å². The van der Waals surface area contributed by atoms with Crippen LogP contribution in [0.1, 0.15) is 0 Å². The maximum absolute atomic E-state index is 11.3. The Morgan fingerprint density at radius 1 is 1.00 bits per heavy atom. The first-order valence-corrected chi connectivity index (χ1v) is 8.68. The van der Waals surface area contributed by atoms with Crippen molar-refractivity contribution in [2.75, 3.05) is 36.0 Å². The number of nitro benzene ring substituents is 1. The lowest BCUT2D eigenvalue weighted by Gasteiger charge is -2.36. The lowest BCUT2D eigenvalue weighted by atomic mass is 10.2. The first kappa shape index (κ1) is 16.2. The van der Waals surface area contributed by atoms with Crippen molar-refractivity contribution in [2.45, 2.75) is 0 Å². The maximum Gasteiger partial charge on any atom is 0.293 e. The van der Waals surface area contributed by atoms with Crippen LogP contribution in [0.5, 0.6) is 0 Å². The third-order valence-electron chi connectivity index (χ3n) is 3.79. The fraction of sp³-hybridized carbons (Fsp3) is 0.267. The second-order valence-corrected chi connectivity index (χ2v) is 7.03. The zero-order valence-corrected chi connectivity index (χ0v) is 15.3. The minimum absolute atomic E-state index is 0.134. The number of hydrogen-bond acceptors (Lipinski definition) is 5. The Kier molecular flexibility index (Phi) is 4.82. The summed E-state index contributed by atoms with van der Waals surface area (Å²) in [6.07, 6.45) is 1.78. The number of hydrogen-bond donors (Lipinski definition) is 0. The molecule has 1 saturated heterocycles. The van der Waals surface area contributed by atoms with E-state index in [1.807, 2.05) is 18.2 Å². The monoisotopic (exact) mass is 440 g/mol. The molecular weight excluding hydrogens is 428 g/mol. The SMILES string of the molecule is O=[N+]([O-])c1cc(Br)ccc1N1CCN(c2ccc(Br)cn2)CC1. The van der Waals surface area contributed by atoms with Gasteiger partial charge in [0.15, 0.2) is 0 Å². The highest BCUT2D eigenvalue weighted by atomic mass is 79.9. The van der Waals surface area contributed by atoms with E-state index in [4.69, 9.17) is 0 Å². The second-order valence-electron chi connectivity index (χ2n) is 5.20. The lowest BCUT2D eigenvalue weighted by molar-refractivity contribution is -0.384. The van der Waals surface area contributed by atoms with E-state index < -0.39 is 0 Å². The summed E-state index contributed by atoms with van der Waals surface area (Å²) >= 11 is 6.67. The highest BCUT2D eigenvalue weighted by Gasteiger charge is 2.24. The van der Waals surface area contributed by atoms with Gasteiger partial charge in [-0.3, -0.25) is 10.1 Å². The van der Waals surface area contributed by atoms with Crippen LogP contribution in [0.3, 0.4) is 0 Å². The van der Waals surface area contributed by atoms with Gasteiger partial charge < -0.3 is 9.80 Å². The molecule has 23 heavy (non-hydrogen) atoms. The van der Waals surface area contributed by atoms with Crippen molar-refractivity contribution in [3.05, 3.63) is 55.6 Å². The third kappa shape index (κ3) is 3.64. The number of benzene rings is 1. The van der Waals surface area contributed by atoms with Crippen LogP contribution in [0.2, 0.25) is 0 Å². The predicted octanol–water partition coefficient (Wildman–Crippen LogP) is 3.84. The van der Waals surface area contributed by atoms with Crippen molar-refractivity contribution in [3.8, 4) is 0 Å². The number of nitrogens with zero attached hydrogens (tertiary/aromatic N) is 4. The smallest absolute Gasteiger partial charge is 0.293 e. The molecule has 1 aliphatic rings. The van der Waals surface area contributed by atoms with E-state index in [1.165, 1.54) is 0 Å². The van der Waals surface area contributed by atoms with E-state index in [0.29, 0.717) is 10.2 Å². The topological polar surface area (TPSA) is 62.5 Å². The van der Waals surface area contributed by atoms with Gasteiger partial charge >= 0.3 is 0 Å². The molecule has 8 heteroatoms. The Bertz CT molecular complexity index is 716. The molecule has 0 atom stereocenters. The van der Waals surface area contributed by atoms with Gasteiger partial charge in [-0.15, -0.1) is 0 Å². The summed E-state index contributed by atoms with van der Waals surface area (Å²) in [4.78, 5) is 19.6. The minimum atomic E-state index is -0.331. The van der Waals surface area contributed by atoms with Gasteiger partial charge in [0.1, 0.15) is 11.5 Å². The summed E-state index contributed by atoms with van der Waals surface area (Å²) in [7, 11) is 0. The molecule has 0 amide bonds. The second kappa shape index (κ2) is 6.84. The van der Waals surface area contributed by atoms with Crippen molar-refractivity contribution < 1.29 is 4.92 Å². The summed E-state index contributed by atoms with van der Waals surface area (Å²) in [5.41, 5.74) is 0.802. The van der Waals surface area contributed by atoms with Crippen LogP contribution in [-0.2, 0) is 0 Å². The molecule has 0 spiro atoms. The fourth-order valence-electron chi connectivity index (χ4n) is 2.64. The number of pyridine rings is 1. The number of piperazine rings is 1. The Morgan fingerprint density at radius 2 is 1.65 bits per heavy atom. The fourth-order valence-corrected chi connectivity index (χ4v) is 3.23. The molecule has 1 aromatic heterocycles. The van der Waals surface area contributed by atoms with Crippen LogP contribution in [0, 0.1) is 10.1 Å². The predicted molar refractivity (Wildman–Crippen MR) is 97.2 cm³/mol. The van der Waals surface area contributed by atoms with Gasteiger partial charge in [0.05, 0.1) is 4.92 Å². The van der Waals surface area contributed by atoms with E-state index in [1.54, 1.807) is 18.3 Å². The molecule has 6 nitrogen and oxygen atoms in total. The average molecular weight is 442 g/mol. The molecular formula is C15H14Br2N4O2. The van der Waals surface area contributed by atoms with Crippen LogP contribution in [0.25, 0.3) is 0 Å². The van der Waals surface area contributed by atoms with Crippen LogP contribution in [0.4, 0.5) is 17.2 Å². The Labute approximate surface area is 150 Å². The number of halogens is 2. The molecule has 1 aliphatic heterocycles. The standard InChI is InChI=1S/C15H14Br2N4O2/c16-11-1-3-13(14(9-11)21(22)23)19-5-7-20(8-6-19)15-4-2-12(17)10-18-15/h1-4,9-10H,5-8H2. The molecule has 3 rings (SSSR count). The molecule has 0 N–H and O–H groups in total. The number of anilines is 2. The van der Waals surface area contributed by atoms with Gasteiger partial charge in [0.2, 0.25) is 0 Å². The van der Waals surface area contributed by atoms with Crippen LogP contribution in [-0.4, -0.2) is 36.1 Å². The molecule has 0 unspecified atom stereocenters. The van der Waals surface area contributed by atoms with Crippen molar-refractivity contribution in [3.63, 3.8) is 0 Å². The first-order chi connectivity index (χ1) is 11.0. The van der Waals surface area contributed by atoms with E-state index >= 15 is 0 Å². The van der Waals surface area contributed by atoms with E-state index in [9.17, 15) is 10.1 Å². The van der Waals surface area contributed by atoms with E-state index in [2.05, 4.69) is 46.6 Å². The number of nitro groups is 1. The summed E-state index contributed by atoms with van der Waals surface area (Å²) in [5.74, 6) is 0.929. The lowest BCUT2D eigenvalue weighted by Crippen LogP contribution is -2.47. The molecule has 0 aliphatic carbocycles.